The summed E-state index contributed by atoms with van der Waals surface area (Å²) in [5.74, 6) is 0. The van der Waals surface area contributed by atoms with Crippen LogP contribution in [0.1, 0.15) is 22.3 Å². The molecule has 0 amide bonds. The Morgan fingerprint density at radius 3 is 1.31 bits per heavy atom. The van der Waals surface area contributed by atoms with Crippen LogP contribution in [0.5, 0.6) is 0 Å². The number of benzene rings is 2. The topological polar surface area (TPSA) is 25.8 Å². The zero-order valence-corrected chi connectivity index (χ0v) is 18.7. The molecule has 2 aromatic carbocycles. The van der Waals surface area contributed by atoms with Crippen molar-refractivity contribution >= 4 is 0 Å². The molecule has 0 spiro atoms. The van der Waals surface area contributed by atoms with E-state index in [1.807, 2.05) is 60.9 Å². The summed E-state index contributed by atoms with van der Waals surface area (Å²) in [5.41, 5.74) is 9.09. The maximum atomic E-state index is 4.38. The minimum atomic E-state index is 0. The number of nitrogens with zero attached hydrogens (tertiary/aromatic N) is 2. The normalized spacial score (nSPS) is 9.79. The van der Waals surface area contributed by atoms with Gasteiger partial charge in [-0.2, -0.15) is 0 Å². The SMILES string of the molecule is Cc1cnc(-c2[c-]cccc2)cc1C.Cc1cnc(-c2[c-]cccc2)cc1C.[Pd+2]. The van der Waals surface area contributed by atoms with Gasteiger partial charge in [-0.25, -0.2) is 0 Å². The van der Waals surface area contributed by atoms with E-state index in [1.165, 1.54) is 22.3 Å². The Morgan fingerprint density at radius 1 is 0.586 bits per heavy atom. The second kappa shape index (κ2) is 10.8. The monoisotopic (exact) mass is 470 g/mol. The molecule has 0 unspecified atom stereocenters. The Morgan fingerprint density at radius 2 is 1.00 bits per heavy atom. The molecular formula is C26H24N2Pd. The van der Waals surface area contributed by atoms with Crippen LogP contribution in [0.25, 0.3) is 22.5 Å². The van der Waals surface area contributed by atoms with Crippen molar-refractivity contribution < 1.29 is 20.4 Å². The average Bonchev–Trinajstić information content (AvgIpc) is 2.74. The molecule has 0 saturated carbocycles. The van der Waals surface area contributed by atoms with Crippen molar-refractivity contribution in [1.29, 1.82) is 0 Å². The Hall–Kier alpha value is -2.60. The molecule has 0 aliphatic heterocycles. The van der Waals surface area contributed by atoms with Crippen LogP contribution < -0.4 is 0 Å². The standard InChI is InChI=1S/2C13H12N.Pd/c2*1-10-8-13(14-9-11(10)2)12-6-4-3-5-7-12;/h2*3-6,8-9H,1-2H3;/q2*-1;+2. The number of hydrogen-bond donors (Lipinski definition) is 0. The molecule has 0 aliphatic rings. The second-order valence-corrected chi connectivity index (χ2v) is 6.86. The van der Waals surface area contributed by atoms with Crippen LogP contribution in [0.15, 0.2) is 73.1 Å². The molecular weight excluding hydrogens is 447 g/mol. The van der Waals surface area contributed by atoms with Crippen molar-refractivity contribution in [2.45, 2.75) is 27.7 Å². The third kappa shape index (κ3) is 6.19. The van der Waals surface area contributed by atoms with Gasteiger partial charge in [0.25, 0.3) is 0 Å². The van der Waals surface area contributed by atoms with E-state index >= 15 is 0 Å². The molecule has 4 aromatic rings. The summed E-state index contributed by atoms with van der Waals surface area (Å²) in [6.07, 6.45) is 3.82. The summed E-state index contributed by atoms with van der Waals surface area (Å²) < 4.78 is 0. The Labute approximate surface area is 187 Å². The van der Waals surface area contributed by atoms with Crippen LogP contribution in [0.2, 0.25) is 0 Å². The van der Waals surface area contributed by atoms with Crippen molar-refractivity contribution in [1.82, 2.24) is 9.97 Å². The van der Waals surface area contributed by atoms with E-state index in [1.54, 1.807) is 0 Å². The fourth-order valence-electron chi connectivity index (χ4n) is 2.65. The number of aromatic nitrogens is 2. The summed E-state index contributed by atoms with van der Waals surface area (Å²) in [5, 5.41) is 0. The minimum absolute atomic E-state index is 0. The molecule has 2 nitrogen and oxygen atoms in total. The first-order chi connectivity index (χ1) is 13.5. The van der Waals surface area contributed by atoms with Crippen LogP contribution in [-0.4, -0.2) is 9.97 Å². The first kappa shape index (κ1) is 22.7. The first-order valence-electron chi connectivity index (χ1n) is 9.35. The van der Waals surface area contributed by atoms with Crippen molar-refractivity contribution in [2.24, 2.45) is 0 Å². The molecule has 0 atom stereocenters. The zero-order chi connectivity index (χ0) is 19.9. The third-order valence-electron chi connectivity index (χ3n) is 4.72. The summed E-state index contributed by atoms with van der Waals surface area (Å²) in [7, 11) is 0. The van der Waals surface area contributed by atoms with Gasteiger partial charge in [-0.05, 0) is 50.2 Å². The summed E-state index contributed by atoms with van der Waals surface area (Å²) in [4.78, 5) is 8.76. The van der Waals surface area contributed by atoms with Crippen molar-refractivity contribution in [2.75, 3.05) is 0 Å². The molecule has 29 heavy (non-hydrogen) atoms. The van der Waals surface area contributed by atoms with Crippen molar-refractivity contribution in [3.05, 3.63) is 107 Å². The molecule has 0 saturated heterocycles. The number of pyridine rings is 2. The zero-order valence-electron chi connectivity index (χ0n) is 17.1. The predicted molar refractivity (Wildman–Crippen MR) is 116 cm³/mol. The maximum absolute atomic E-state index is 4.38. The molecule has 0 bridgehead atoms. The van der Waals surface area contributed by atoms with Gasteiger partial charge >= 0.3 is 20.4 Å². The first-order valence-corrected chi connectivity index (χ1v) is 9.35. The largest absolute Gasteiger partial charge is 2.00 e. The van der Waals surface area contributed by atoms with Gasteiger partial charge in [0.15, 0.2) is 0 Å². The van der Waals surface area contributed by atoms with E-state index in [0.717, 1.165) is 22.5 Å². The molecule has 0 aliphatic carbocycles. The molecule has 0 radical (unpaired) electrons. The molecule has 3 heteroatoms. The molecule has 4 rings (SSSR count). The number of aryl methyl sites for hydroxylation is 4. The fraction of sp³-hybridized carbons (Fsp3) is 0.154. The van der Waals surface area contributed by atoms with Crippen LogP contribution >= 0.6 is 0 Å². The van der Waals surface area contributed by atoms with Gasteiger partial charge in [-0.15, -0.1) is 71.8 Å². The van der Waals surface area contributed by atoms with E-state index < -0.39 is 0 Å². The van der Waals surface area contributed by atoms with Gasteiger partial charge in [0.2, 0.25) is 0 Å². The predicted octanol–water partition coefficient (Wildman–Crippen LogP) is 6.33. The smallest absolute Gasteiger partial charge is 0.304 e. The molecule has 2 heterocycles. The van der Waals surface area contributed by atoms with Gasteiger partial charge in [0.05, 0.1) is 0 Å². The van der Waals surface area contributed by atoms with Gasteiger partial charge < -0.3 is 9.97 Å². The number of rotatable bonds is 2. The summed E-state index contributed by atoms with van der Waals surface area (Å²) >= 11 is 0. The molecule has 148 valence electrons. The van der Waals surface area contributed by atoms with Crippen LogP contribution in [0.4, 0.5) is 0 Å². The quantitative estimate of drug-likeness (QED) is 0.253. The van der Waals surface area contributed by atoms with E-state index in [2.05, 4.69) is 61.9 Å². The van der Waals surface area contributed by atoms with E-state index in [9.17, 15) is 0 Å². The minimum Gasteiger partial charge on any atom is -0.304 e. The third-order valence-corrected chi connectivity index (χ3v) is 4.72. The van der Waals surface area contributed by atoms with Crippen LogP contribution in [-0.2, 0) is 20.4 Å². The second-order valence-electron chi connectivity index (χ2n) is 6.86. The van der Waals surface area contributed by atoms with Gasteiger partial charge in [-0.1, -0.05) is 23.3 Å². The summed E-state index contributed by atoms with van der Waals surface area (Å²) in [6, 6.07) is 26.3. The van der Waals surface area contributed by atoms with Crippen LogP contribution in [0, 0.1) is 39.8 Å². The Kier molecular flexibility index (Phi) is 8.46. The van der Waals surface area contributed by atoms with Crippen LogP contribution in [0.3, 0.4) is 0 Å². The van der Waals surface area contributed by atoms with E-state index in [0.29, 0.717) is 0 Å². The molecule has 2 aromatic heterocycles. The van der Waals surface area contributed by atoms with Gasteiger partial charge in [0.1, 0.15) is 0 Å². The summed E-state index contributed by atoms with van der Waals surface area (Å²) in [6.45, 7) is 8.34. The Balaban J connectivity index is 0.000000200. The fourth-order valence-corrected chi connectivity index (χ4v) is 2.65. The van der Waals surface area contributed by atoms with E-state index in [4.69, 9.17) is 0 Å². The van der Waals surface area contributed by atoms with Crippen molar-refractivity contribution in [3.63, 3.8) is 0 Å². The van der Waals surface area contributed by atoms with Gasteiger partial charge in [0, 0.05) is 12.4 Å². The molecule has 0 fully saturated rings. The average molecular weight is 471 g/mol. The molecule has 0 N–H and O–H groups in total. The Bertz CT molecular complexity index is 958. The number of hydrogen-bond acceptors (Lipinski definition) is 2. The maximum Gasteiger partial charge on any atom is 2.00 e. The van der Waals surface area contributed by atoms with Crippen molar-refractivity contribution in [3.8, 4) is 22.5 Å². The van der Waals surface area contributed by atoms with Gasteiger partial charge in [-0.3, -0.25) is 0 Å². The van der Waals surface area contributed by atoms with E-state index in [-0.39, 0.29) is 20.4 Å².